The number of hydrogen-bond donors (Lipinski definition) is 1. The predicted molar refractivity (Wildman–Crippen MR) is 120 cm³/mol. The van der Waals surface area contributed by atoms with Crippen LogP contribution in [0.15, 0.2) is 11.1 Å². The Kier molecular flexibility index (Phi) is 12.1. The van der Waals surface area contributed by atoms with Crippen LogP contribution < -0.4 is 0 Å². The van der Waals surface area contributed by atoms with E-state index >= 15 is 0 Å². The third kappa shape index (κ3) is 10.5. The summed E-state index contributed by atoms with van der Waals surface area (Å²) in [4.78, 5) is 0. The minimum atomic E-state index is 0.294. The summed E-state index contributed by atoms with van der Waals surface area (Å²) in [6, 6.07) is 0. The Labute approximate surface area is 171 Å². The van der Waals surface area contributed by atoms with E-state index < -0.39 is 0 Å². The van der Waals surface area contributed by atoms with E-state index in [4.69, 9.17) is 6.15 Å². The van der Waals surface area contributed by atoms with E-state index in [1.807, 2.05) is 0 Å². The average Bonchev–Trinajstić information content (AvgIpc) is 2.67. The molecule has 1 aliphatic carbocycles. The minimum Gasteiger partial charge on any atom is -0.385 e. The van der Waals surface area contributed by atoms with Crippen LogP contribution >= 0.6 is 0 Å². The number of rotatable bonds is 16. The van der Waals surface area contributed by atoms with Crippen LogP contribution in [0.25, 0.3) is 0 Å². The Bertz CT molecular complexity index is 467. The van der Waals surface area contributed by atoms with Gasteiger partial charge in [-0.25, -0.2) is 0 Å². The lowest BCUT2D eigenvalue weighted by Gasteiger charge is -2.35. The number of ether oxygens (including phenoxy) is 1. The fraction of sp³-hybridized carbons (Fsp3) is 0.880. The molecule has 2 nitrogen and oxygen atoms in total. The lowest BCUT2D eigenvalue weighted by atomic mass is 9.70. The molecule has 0 saturated heterocycles. The summed E-state index contributed by atoms with van der Waals surface area (Å²) in [5.74, 6) is 0. The predicted octanol–water partition coefficient (Wildman–Crippen LogP) is 8.25. The van der Waals surface area contributed by atoms with Crippen molar-refractivity contribution in [1.29, 1.82) is 5.40 Å². The van der Waals surface area contributed by atoms with Crippen molar-refractivity contribution in [2.45, 2.75) is 124 Å². The Balaban J connectivity index is 1.99. The van der Waals surface area contributed by atoms with Gasteiger partial charge in [-0.05, 0) is 50.0 Å². The van der Waals surface area contributed by atoms with Gasteiger partial charge < -0.3 is 10.1 Å². The van der Waals surface area contributed by atoms with Gasteiger partial charge in [0.05, 0.1) is 0 Å². The molecule has 0 fully saturated rings. The van der Waals surface area contributed by atoms with E-state index in [1.54, 1.807) is 12.7 Å². The maximum Gasteiger partial charge on any atom is 0.187 e. The van der Waals surface area contributed by atoms with Crippen LogP contribution in [0.3, 0.4) is 0 Å². The first-order chi connectivity index (χ1) is 13.5. The summed E-state index contributed by atoms with van der Waals surface area (Å²) in [5.41, 5.74) is 4.18. The van der Waals surface area contributed by atoms with Gasteiger partial charge in [-0.2, -0.15) is 0 Å². The average molecular weight is 379 g/mol. The normalized spacial score (nSPS) is 19.0. The third-order valence-electron chi connectivity index (χ3n) is 6.46. The molecule has 2 heteroatoms. The van der Waals surface area contributed by atoms with Crippen LogP contribution in [0.5, 0.6) is 0 Å². The van der Waals surface area contributed by atoms with Crippen molar-refractivity contribution in [2.24, 2.45) is 5.41 Å². The fourth-order valence-electron chi connectivity index (χ4n) is 4.47. The van der Waals surface area contributed by atoms with Gasteiger partial charge in [0.2, 0.25) is 0 Å². The van der Waals surface area contributed by atoms with E-state index in [0.717, 1.165) is 25.2 Å². The zero-order chi connectivity index (χ0) is 20.7. The second-order valence-electron chi connectivity index (χ2n) is 9.27. The van der Waals surface area contributed by atoms with E-state index in [1.165, 1.54) is 95.5 Å². The van der Waals surface area contributed by atoms with Gasteiger partial charge in [0.15, 0.2) is 1.41 Å². The van der Waals surface area contributed by atoms with Crippen molar-refractivity contribution in [3.63, 3.8) is 0 Å². The third-order valence-corrected chi connectivity index (χ3v) is 6.46. The molecule has 0 heterocycles. The van der Waals surface area contributed by atoms with E-state index in [9.17, 15) is 0 Å². The summed E-state index contributed by atoms with van der Waals surface area (Å²) < 4.78 is 12.5. The van der Waals surface area contributed by atoms with Gasteiger partial charge >= 0.3 is 0 Å². The number of unbranched alkanes of at least 4 members (excludes halogenated alkanes) is 12. The van der Waals surface area contributed by atoms with Gasteiger partial charge in [-0.3, -0.25) is 0 Å². The standard InChI is InChI=1S/C25H47NO/c1-22-23(25(2,3)20-19-24(22)26)18-16-14-12-10-8-6-5-7-9-11-13-15-17-21-27-4/h26H,5-21H2,1-4H3/i/hD. The number of allylic oxidation sites excluding steroid dienone is 2. The topological polar surface area (TPSA) is 33.1 Å². The van der Waals surface area contributed by atoms with Crippen molar-refractivity contribution < 1.29 is 6.15 Å². The molecule has 27 heavy (non-hydrogen) atoms. The number of methoxy groups -OCH3 is 1. The van der Waals surface area contributed by atoms with E-state index in [2.05, 4.69) is 26.2 Å². The molecule has 0 unspecified atom stereocenters. The first-order valence-electron chi connectivity index (χ1n) is 12.2. The summed E-state index contributed by atoms with van der Waals surface area (Å²) in [7, 11) is 1.79. The molecule has 1 rings (SSSR count). The van der Waals surface area contributed by atoms with Gasteiger partial charge in [-0.15, -0.1) is 0 Å². The molecular weight excluding hydrogens is 330 g/mol. The van der Waals surface area contributed by atoms with Gasteiger partial charge in [0.1, 0.15) is 0 Å². The second kappa shape index (κ2) is 14.4. The minimum absolute atomic E-state index is 0.294. The van der Waals surface area contributed by atoms with Crippen LogP contribution in [0.2, 0.25) is 1.41 Å². The summed E-state index contributed by atoms with van der Waals surface area (Å²) in [6.07, 6.45) is 21.2. The Morgan fingerprint density at radius 1 is 0.852 bits per heavy atom. The second-order valence-corrected chi connectivity index (χ2v) is 9.27. The summed E-state index contributed by atoms with van der Waals surface area (Å²) in [6.45, 7) is 7.84. The zero-order valence-electron chi connectivity index (χ0n) is 19.9. The Hall–Kier alpha value is -0.630. The van der Waals surface area contributed by atoms with Crippen LogP contribution in [0, 0.1) is 10.8 Å². The van der Waals surface area contributed by atoms with Crippen LogP contribution in [-0.4, -0.2) is 19.4 Å². The lowest BCUT2D eigenvalue weighted by Crippen LogP contribution is -2.25. The van der Waals surface area contributed by atoms with Crippen LogP contribution in [-0.2, 0) is 4.74 Å². The van der Waals surface area contributed by atoms with Gasteiger partial charge in [-0.1, -0.05) is 90.0 Å². The van der Waals surface area contributed by atoms with E-state index in [-0.39, 0.29) is 0 Å². The monoisotopic (exact) mass is 378 g/mol. The lowest BCUT2D eigenvalue weighted by molar-refractivity contribution is 0.192. The highest BCUT2D eigenvalue weighted by atomic mass is 16.5. The molecule has 0 bridgehead atoms. The highest BCUT2D eigenvalue weighted by molar-refractivity contribution is 5.99. The fourth-order valence-corrected chi connectivity index (χ4v) is 4.47. The molecule has 0 saturated carbocycles. The Morgan fingerprint density at radius 2 is 1.33 bits per heavy atom. The van der Waals surface area contributed by atoms with Crippen molar-refractivity contribution >= 4 is 5.71 Å². The first kappa shape index (κ1) is 22.7. The molecule has 0 aromatic rings. The highest BCUT2D eigenvalue weighted by Gasteiger charge is 2.29. The maximum atomic E-state index is 7.39. The number of hydrogen-bond acceptors (Lipinski definition) is 2. The largest absolute Gasteiger partial charge is 0.385 e. The first-order valence-corrected chi connectivity index (χ1v) is 11.7. The van der Waals surface area contributed by atoms with Crippen molar-refractivity contribution in [3.05, 3.63) is 11.1 Å². The quantitative estimate of drug-likeness (QED) is 0.269. The Morgan fingerprint density at radius 3 is 1.81 bits per heavy atom. The SMILES string of the molecule is [2H]N=C1CCC(C)(C)C(CCCCCCCCCCCCCCCOC)=C1C. The van der Waals surface area contributed by atoms with Crippen molar-refractivity contribution in [1.82, 2.24) is 0 Å². The van der Waals surface area contributed by atoms with Crippen LogP contribution in [0.4, 0.5) is 0 Å². The molecular formula is C25H47NO. The molecule has 0 aromatic carbocycles. The molecule has 1 aliphatic rings. The highest BCUT2D eigenvalue weighted by Crippen LogP contribution is 2.41. The molecule has 0 aromatic heterocycles. The van der Waals surface area contributed by atoms with Gasteiger partial charge in [0, 0.05) is 19.4 Å². The van der Waals surface area contributed by atoms with E-state index in [0.29, 0.717) is 5.41 Å². The molecule has 1 N–H and O–H groups in total. The van der Waals surface area contributed by atoms with Gasteiger partial charge in [0.25, 0.3) is 0 Å². The molecule has 0 radical (unpaired) electrons. The molecule has 0 aliphatic heterocycles. The molecule has 0 spiro atoms. The molecule has 0 amide bonds. The smallest absolute Gasteiger partial charge is 0.187 e. The zero-order valence-corrected chi connectivity index (χ0v) is 18.9. The van der Waals surface area contributed by atoms with Crippen molar-refractivity contribution in [3.8, 4) is 0 Å². The summed E-state index contributed by atoms with van der Waals surface area (Å²) in [5, 5.41) is 3.77. The molecule has 0 atom stereocenters. The summed E-state index contributed by atoms with van der Waals surface area (Å²) >= 11 is 0. The number of nitrogens with one attached hydrogen (secondary N) is 1. The van der Waals surface area contributed by atoms with Crippen LogP contribution in [0.1, 0.15) is 124 Å². The maximum absolute atomic E-state index is 7.39. The van der Waals surface area contributed by atoms with Crippen molar-refractivity contribution in [2.75, 3.05) is 13.7 Å². The molecule has 158 valence electrons.